The van der Waals surface area contributed by atoms with E-state index in [1.165, 1.54) is 6.21 Å². The summed E-state index contributed by atoms with van der Waals surface area (Å²) in [5.74, 6) is 0.157. The maximum atomic E-state index is 13.1. The number of amides is 1. The van der Waals surface area contributed by atoms with Crippen LogP contribution in [0, 0.1) is 0 Å². The van der Waals surface area contributed by atoms with Gasteiger partial charge in [0, 0.05) is 11.1 Å². The van der Waals surface area contributed by atoms with E-state index in [-0.39, 0.29) is 5.56 Å². The van der Waals surface area contributed by atoms with E-state index in [0.717, 1.165) is 29.7 Å². The van der Waals surface area contributed by atoms with Gasteiger partial charge in [-0.05, 0) is 41.8 Å². The average Bonchev–Trinajstić information content (AvgIpc) is 2.90. The van der Waals surface area contributed by atoms with Crippen LogP contribution in [0.25, 0.3) is 22.4 Å². The van der Waals surface area contributed by atoms with E-state index in [0.29, 0.717) is 23.4 Å². The summed E-state index contributed by atoms with van der Waals surface area (Å²) in [7, 11) is 0. The van der Waals surface area contributed by atoms with Gasteiger partial charge in [-0.3, -0.25) is 9.59 Å². The van der Waals surface area contributed by atoms with Gasteiger partial charge in [0.1, 0.15) is 11.3 Å². The Morgan fingerprint density at radius 1 is 0.971 bits per heavy atom. The molecule has 7 nitrogen and oxygen atoms in total. The van der Waals surface area contributed by atoms with Crippen LogP contribution < -0.4 is 15.7 Å². The number of hydrogen-bond acceptors (Lipinski definition) is 5. The van der Waals surface area contributed by atoms with Crippen molar-refractivity contribution in [1.82, 2.24) is 15.6 Å². The van der Waals surface area contributed by atoms with Crippen LogP contribution in [-0.4, -0.2) is 28.9 Å². The lowest BCUT2D eigenvalue weighted by atomic mass is 9.95. The molecule has 0 spiro atoms. The summed E-state index contributed by atoms with van der Waals surface area (Å²) in [5, 5.41) is 10.8. The van der Waals surface area contributed by atoms with Gasteiger partial charge in [0.2, 0.25) is 0 Å². The highest BCUT2D eigenvalue weighted by atomic mass is 16.5. The summed E-state index contributed by atoms with van der Waals surface area (Å²) in [6.07, 6.45) is 3.59. The van der Waals surface area contributed by atoms with E-state index in [1.807, 2.05) is 84.9 Å². The normalized spacial score (nSPS) is 10.9. The van der Waals surface area contributed by atoms with Crippen LogP contribution in [0.3, 0.4) is 0 Å². The second-order valence-electron chi connectivity index (χ2n) is 7.85. The molecule has 0 saturated carbocycles. The third kappa shape index (κ3) is 5.89. The van der Waals surface area contributed by atoms with E-state index >= 15 is 0 Å². The number of rotatable bonds is 9. The van der Waals surface area contributed by atoms with Crippen molar-refractivity contribution in [2.45, 2.75) is 19.8 Å². The predicted octanol–water partition coefficient (Wildman–Crippen LogP) is 5.05. The topological polar surface area (TPSA) is 96.4 Å². The lowest BCUT2D eigenvalue weighted by Crippen LogP contribution is -2.28. The van der Waals surface area contributed by atoms with Gasteiger partial charge < -0.3 is 4.74 Å². The lowest BCUT2D eigenvalue weighted by molar-refractivity contribution is 0.0954. The molecular weight excluding hydrogens is 440 g/mol. The molecule has 3 aromatic carbocycles. The van der Waals surface area contributed by atoms with Crippen LogP contribution in [0.2, 0.25) is 0 Å². The number of carbonyl (C=O) groups is 1. The van der Waals surface area contributed by atoms with E-state index in [4.69, 9.17) is 4.74 Å². The molecule has 0 aliphatic carbocycles. The van der Waals surface area contributed by atoms with Crippen molar-refractivity contribution < 1.29 is 9.53 Å². The van der Waals surface area contributed by atoms with E-state index < -0.39 is 11.5 Å². The largest absolute Gasteiger partial charge is 0.494 e. The Labute approximate surface area is 203 Å². The number of H-pyrrole nitrogens is 1. The molecule has 0 aliphatic heterocycles. The van der Waals surface area contributed by atoms with Crippen LogP contribution >= 0.6 is 0 Å². The molecule has 0 aliphatic rings. The number of hydrazone groups is 1. The zero-order chi connectivity index (χ0) is 24.5. The Kier molecular flexibility index (Phi) is 7.81. The van der Waals surface area contributed by atoms with E-state index in [2.05, 4.69) is 27.6 Å². The highest BCUT2D eigenvalue weighted by Crippen LogP contribution is 2.31. The molecule has 0 bridgehead atoms. The van der Waals surface area contributed by atoms with Crippen molar-refractivity contribution in [2.75, 3.05) is 6.61 Å². The summed E-state index contributed by atoms with van der Waals surface area (Å²) >= 11 is 0. The number of nitrogens with zero attached hydrogens (tertiary/aromatic N) is 2. The van der Waals surface area contributed by atoms with Gasteiger partial charge in [-0.1, -0.05) is 74.0 Å². The molecule has 176 valence electrons. The first-order chi connectivity index (χ1) is 17.2. The maximum Gasteiger partial charge on any atom is 0.277 e. The molecule has 4 aromatic rings. The fraction of sp³-hybridized carbons (Fsp3) is 0.143. The number of ether oxygens (including phenoxy) is 1. The monoisotopic (exact) mass is 466 g/mol. The van der Waals surface area contributed by atoms with E-state index in [9.17, 15) is 9.59 Å². The summed E-state index contributed by atoms with van der Waals surface area (Å²) in [4.78, 5) is 25.9. The number of nitrogens with one attached hydrogen (secondary N) is 2. The smallest absolute Gasteiger partial charge is 0.277 e. The molecule has 0 unspecified atom stereocenters. The lowest BCUT2D eigenvalue weighted by Gasteiger charge is -2.12. The average molecular weight is 467 g/mol. The SMILES string of the molecule is CCCCOc1ccc(/C=N/NC(=O)c2c(-c3ccccc3)c(-c3ccccc3)n[nH]c2=O)cc1. The number of aromatic nitrogens is 2. The number of unbranched alkanes of at least 4 members (excludes halogenated alkanes) is 1. The molecule has 0 fully saturated rings. The van der Waals surface area contributed by atoms with Crippen LogP contribution in [0.1, 0.15) is 35.7 Å². The fourth-order valence-corrected chi connectivity index (χ4v) is 3.56. The molecule has 1 amide bonds. The molecule has 0 atom stereocenters. The molecule has 35 heavy (non-hydrogen) atoms. The Morgan fingerprint density at radius 3 is 2.29 bits per heavy atom. The molecule has 2 N–H and O–H groups in total. The minimum absolute atomic E-state index is 0.0538. The van der Waals surface area contributed by atoms with Gasteiger partial charge in [-0.15, -0.1) is 0 Å². The summed E-state index contributed by atoms with van der Waals surface area (Å²) in [6.45, 7) is 2.79. The molecule has 7 heteroatoms. The van der Waals surface area contributed by atoms with Crippen LogP contribution in [-0.2, 0) is 0 Å². The predicted molar refractivity (Wildman–Crippen MR) is 138 cm³/mol. The van der Waals surface area contributed by atoms with Crippen LogP contribution in [0.15, 0.2) is 94.8 Å². The molecule has 0 saturated heterocycles. The summed E-state index contributed by atoms with van der Waals surface area (Å²) < 4.78 is 5.66. The van der Waals surface area contributed by atoms with Crippen molar-refractivity contribution in [3.05, 3.63) is 106 Å². The van der Waals surface area contributed by atoms with Crippen LogP contribution in [0.5, 0.6) is 5.75 Å². The van der Waals surface area contributed by atoms with Crippen molar-refractivity contribution in [3.8, 4) is 28.1 Å². The van der Waals surface area contributed by atoms with Gasteiger partial charge in [0.25, 0.3) is 11.5 Å². The summed E-state index contributed by atoms with van der Waals surface area (Å²) in [5.41, 5.74) is 5.06. The standard InChI is InChI=1S/C28H26N4O3/c1-2-3-18-35-23-16-14-20(15-17-23)19-29-31-27(33)25-24(21-10-6-4-7-11-21)26(30-32-28(25)34)22-12-8-5-9-13-22/h4-17,19H,2-3,18H2,1H3,(H,31,33)(H,32,34)/b29-19+. The van der Waals surface area contributed by atoms with Gasteiger partial charge in [0.15, 0.2) is 0 Å². The van der Waals surface area contributed by atoms with Gasteiger partial charge >= 0.3 is 0 Å². The zero-order valence-corrected chi connectivity index (χ0v) is 19.4. The highest BCUT2D eigenvalue weighted by Gasteiger charge is 2.22. The van der Waals surface area contributed by atoms with Gasteiger partial charge in [0.05, 0.1) is 18.5 Å². The number of carbonyl (C=O) groups excluding carboxylic acids is 1. The van der Waals surface area contributed by atoms with E-state index in [1.54, 1.807) is 0 Å². The van der Waals surface area contributed by atoms with Crippen molar-refractivity contribution >= 4 is 12.1 Å². The third-order valence-electron chi connectivity index (χ3n) is 5.35. The minimum atomic E-state index is -0.625. The quantitative estimate of drug-likeness (QED) is 0.205. The first kappa shape index (κ1) is 23.6. The first-order valence-corrected chi connectivity index (χ1v) is 11.5. The zero-order valence-electron chi connectivity index (χ0n) is 19.4. The van der Waals surface area contributed by atoms with Gasteiger partial charge in [-0.2, -0.15) is 10.2 Å². The maximum absolute atomic E-state index is 13.1. The highest BCUT2D eigenvalue weighted by molar-refractivity contribution is 6.03. The molecule has 1 heterocycles. The number of benzene rings is 3. The second kappa shape index (κ2) is 11.6. The Balaban J connectivity index is 1.61. The molecular formula is C28H26N4O3. The number of hydrogen-bond donors (Lipinski definition) is 2. The Morgan fingerprint density at radius 2 is 1.63 bits per heavy atom. The molecule has 0 radical (unpaired) electrons. The molecule has 4 rings (SSSR count). The first-order valence-electron chi connectivity index (χ1n) is 11.5. The van der Waals surface area contributed by atoms with Crippen LogP contribution in [0.4, 0.5) is 0 Å². The van der Waals surface area contributed by atoms with Gasteiger partial charge in [-0.25, -0.2) is 10.5 Å². The fourth-order valence-electron chi connectivity index (χ4n) is 3.56. The van der Waals surface area contributed by atoms with Crippen molar-refractivity contribution in [2.24, 2.45) is 5.10 Å². The minimum Gasteiger partial charge on any atom is -0.494 e. The Hall–Kier alpha value is -4.52. The number of aromatic amines is 1. The van der Waals surface area contributed by atoms with Crippen molar-refractivity contribution in [1.29, 1.82) is 0 Å². The Bertz CT molecular complexity index is 1350. The summed E-state index contributed by atoms with van der Waals surface area (Å²) in [6, 6.07) is 26.0. The third-order valence-corrected chi connectivity index (χ3v) is 5.35. The second-order valence-corrected chi connectivity index (χ2v) is 7.85. The molecule has 1 aromatic heterocycles. The van der Waals surface area contributed by atoms with Crippen molar-refractivity contribution in [3.63, 3.8) is 0 Å².